The van der Waals surface area contributed by atoms with Crippen LogP contribution in [0.5, 0.6) is 0 Å². The van der Waals surface area contributed by atoms with Crippen molar-refractivity contribution in [1.82, 2.24) is 14.8 Å². The minimum absolute atomic E-state index is 0.0333. The molecule has 0 atom stereocenters. The standard InChI is InChI=1S/C20H17FN4O2/c1-12-5-6-14(10-16(12)21)23-18(26)11-25-20-19(13(2)24-25)15(7-8-22-20)17-4-3-9-27-17/h3-10H,11H2,1-2H3,(H,23,26). The Balaban J connectivity index is 1.63. The van der Waals surface area contributed by atoms with Gasteiger partial charge in [-0.05, 0) is 49.7 Å². The lowest BCUT2D eigenvalue weighted by molar-refractivity contribution is -0.116. The first kappa shape index (κ1) is 17.0. The molecule has 136 valence electrons. The number of anilines is 1. The van der Waals surface area contributed by atoms with Gasteiger partial charge in [-0.2, -0.15) is 5.10 Å². The second kappa shape index (κ2) is 6.68. The quantitative estimate of drug-likeness (QED) is 0.592. The SMILES string of the molecule is Cc1ccc(NC(=O)Cn2nc(C)c3c(-c4ccco4)ccnc32)cc1F. The topological polar surface area (TPSA) is 73.0 Å². The van der Waals surface area contributed by atoms with Crippen LogP contribution in [0.25, 0.3) is 22.4 Å². The van der Waals surface area contributed by atoms with E-state index in [1.165, 1.54) is 10.7 Å². The fourth-order valence-electron chi connectivity index (χ4n) is 3.04. The second-order valence-corrected chi connectivity index (χ2v) is 6.29. The fraction of sp³-hybridized carbons (Fsp3) is 0.150. The number of pyridine rings is 1. The molecule has 6 nitrogen and oxygen atoms in total. The van der Waals surface area contributed by atoms with Gasteiger partial charge in [-0.1, -0.05) is 6.07 Å². The summed E-state index contributed by atoms with van der Waals surface area (Å²) in [6.07, 6.45) is 3.26. The van der Waals surface area contributed by atoms with Gasteiger partial charge in [-0.3, -0.25) is 4.79 Å². The largest absolute Gasteiger partial charge is 0.464 e. The van der Waals surface area contributed by atoms with Gasteiger partial charge < -0.3 is 9.73 Å². The number of rotatable bonds is 4. The summed E-state index contributed by atoms with van der Waals surface area (Å²) in [5.74, 6) is 0.0374. The van der Waals surface area contributed by atoms with Crippen LogP contribution in [0.1, 0.15) is 11.3 Å². The molecule has 0 bridgehead atoms. The maximum Gasteiger partial charge on any atom is 0.246 e. The first-order valence-electron chi connectivity index (χ1n) is 8.45. The molecule has 3 heterocycles. The minimum Gasteiger partial charge on any atom is -0.464 e. The Kier molecular flexibility index (Phi) is 4.19. The Morgan fingerprint density at radius 2 is 2.11 bits per heavy atom. The molecule has 0 unspecified atom stereocenters. The van der Waals surface area contributed by atoms with Gasteiger partial charge in [0.15, 0.2) is 5.65 Å². The van der Waals surface area contributed by atoms with Gasteiger partial charge in [0.1, 0.15) is 18.1 Å². The Morgan fingerprint density at radius 1 is 1.26 bits per heavy atom. The number of hydrogen-bond donors (Lipinski definition) is 1. The summed E-state index contributed by atoms with van der Waals surface area (Å²) in [6.45, 7) is 3.50. The van der Waals surface area contributed by atoms with Crippen LogP contribution in [0.2, 0.25) is 0 Å². The Bertz CT molecular complexity index is 1130. The number of carbonyl (C=O) groups is 1. The predicted octanol–water partition coefficient (Wildman–Crippen LogP) is 4.09. The van der Waals surface area contributed by atoms with Crippen molar-refractivity contribution < 1.29 is 13.6 Å². The summed E-state index contributed by atoms with van der Waals surface area (Å²) in [5, 5.41) is 7.97. The van der Waals surface area contributed by atoms with Crippen molar-refractivity contribution in [1.29, 1.82) is 0 Å². The van der Waals surface area contributed by atoms with Crippen molar-refractivity contribution in [2.24, 2.45) is 0 Å². The number of benzene rings is 1. The summed E-state index contributed by atoms with van der Waals surface area (Å²) in [7, 11) is 0. The van der Waals surface area contributed by atoms with Crippen molar-refractivity contribution in [3.05, 3.63) is 65.9 Å². The molecule has 4 rings (SSSR count). The molecule has 0 saturated carbocycles. The fourth-order valence-corrected chi connectivity index (χ4v) is 3.04. The van der Waals surface area contributed by atoms with Gasteiger partial charge in [-0.15, -0.1) is 0 Å². The molecule has 1 amide bonds. The van der Waals surface area contributed by atoms with Crippen molar-refractivity contribution in [3.8, 4) is 11.3 Å². The average Bonchev–Trinajstić information content (AvgIpc) is 3.27. The molecule has 1 N–H and O–H groups in total. The van der Waals surface area contributed by atoms with E-state index in [0.717, 1.165) is 16.6 Å². The average molecular weight is 364 g/mol. The lowest BCUT2D eigenvalue weighted by atomic mass is 10.1. The number of aromatic nitrogens is 3. The van der Waals surface area contributed by atoms with Gasteiger partial charge in [-0.25, -0.2) is 14.1 Å². The molecule has 7 heteroatoms. The third-order valence-corrected chi connectivity index (χ3v) is 4.34. The number of nitrogens with zero attached hydrogens (tertiary/aromatic N) is 3. The summed E-state index contributed by atoms with van der Waals surface area (Å²) < 4.78 is 20.7. The maximum atomic E-state index is 13.7. The first-order valence-corrected chi connectivity index (χ1v) is 8.45. The number of carbonyl (C=O) groups excluding carboxylic acids is 1. The van der Waals surface area contributed by atoms with Crippen molar-refractivity contribution in [2.45, 2.75) is 20.4 Å². The number of hydrogen-bond acceptors (Lipinski definition) is 4. The van der Waals surface area contributed by atoms with Gasteiger partial charge >= 0.3 is 0 Å². The van der Waals surface area contributed by atoms with E-state index in [1.807, 2.05) is 25.1 Å². The first-order chi connectivity index (χ1) is 13.0. The van der Waals surface area contributed by atoms with Crippen molar-refractivity contribution >= 4 is 22.6 Å². The van der Waals surface area contributed by atoms with Crippen LogP contribution in [-0.4, -0.2) is 20.7 Å². The third kappa shape index (κ3) is 3.19. The van der Waals surface area contributed by atoms with Crippen LogP contribution in [0.3, 0.4) is 0 Å². The Labute approximate surface area is 154 Å². The van der Waals surface area contributed by atoms with Gasteiger partial charge in [0.05, 0.1) is 17.3 Å². The van der Waals surface area contributed by atoms with Gasteiger partial charge in [0.25, 0.3) is 0 Å². The number of aryl methyl sites for hydroxylation is 2. The summed E-state index contributed by atoms with van der Waals surface area (Å²) >= 11 is 0. The van der Waals surface area contributed by atoms with E-state index in [0.29, 0.717) is 22.7 Å². The van der Waals surface area contributed by atoms with E-state index >= 15 is 0 Å². The van der Waals surface area contributed by atoms with Crippen LogP contribution in [-0.2, 0) is 11.3 Å². The lowest BCUT2D eigenvalue weighted by Crippen LogP contribution is -2.20. The molecule has 0 saturated heterocycles. The smallest absolute Gasteiger partial charge is 0.246 e. The number of amides is 1. The molecule has 27 heavy (non-hydrogen) atoms. The van der Waals surface area contributed by atoms with Crippen LogP contribution < -0.4 is 5.32 Å². The highest BCUT2D eigenvalue weighted by atomic mass is 19.1. The molecule has 0 spiro atoms. The van der Waals surface area contributed by atoms with E-state index < -0.39 is 0 Å². The number of furan rings is 1. The molecule has 0 radical (unpaired) electrons. The molecule has 0 aliphatic heterocycles. The maximum absolute atomic E-state index is 13.7. The van der Waals surface area contributed by atoms with E-state index in [9.17, 15) is 9.18 Å². The van der Waals surface area contributed by atoms with E-state index in [1.54, 1.807) is 31.5 Å². The molecule has 0 aliphatic carbocycles. The number of halogens is 1. The second-order valence-electron chi connectivity index (χ2n) is 6.29. The Morgan fingerprint density at radius 3 is 2.85 bits per heavy atom. The van der Waals surface area contributed by atoms with Gasteiger partial charge in [0, 0.05) is 17.4 Å². The molecular weight excluding hydrogens is 347 g/mol. The monoisotopic (exact) mass is 364 g/mol. The predicted molar refractivity (Wildman–Crippen MR) is 99.7 cm³/mol. The van der Waals surface area contributed by atoms with Crippen LogP contribution in [0, 0.1) is 19.7 Å². The third-order valence-electron chi connectivity index (χ3n) is 4.34. The molecule has 3 aromatic heterocycles. The highest BCUT2D eigenvalue weighted by Gasteiger charge is 2.17. The van der Waals surface area contributed by atoms with Crippen LogP contribution in [0.4, 0.5) is 10.1 Å². The number of fused-ring (bicyclic) bond motifs is 1. The van der Waals surface area contributed by atoms with Crippen LogP contribution >= 0.6 is 0 Å². The van der Waals surface area contributed by atoms with Gasteiger partial charge in [0.2, 0.25) is 5.91 Å². The normalized spacial score (nSPS) is 11.1. The Hall–Kier alpha value is -3.48. The zero-order valence-electron chi connectivity index (χ0n) is 14.9. The van der Waals surface area contributed by atoms with E-state index in [2.05, 4.69) is 15.4 Å². The van der Waals surface area contributed by atoms with Crippen molar-refractivity contribution in [2.75, 3.05) is 5.32 Å². The molecule has 1 aromatic carbocycles. The number of nitrogens with one attached hydrogen (secondary N) is 1. The highest BCUT2D eigenvalue weighted by molar-refractivity contribution is 5.95. The van der Waals surface area contributed by atoms with E-state index in [4.69, 9.17) is 4.42 Å². The lowest BCUT2D eigenvalue weighted by Gasteiger charge is -2.07. The van der Waals surface area contributed by atoms with Crippen molar-refractivity contribution in [3.63, 3.8) is 0 Å². The zero-order chi connectivity index (χ0) is 19.0. The van der Waals surface area contributed by atoms with Crippen LogP contribution in [0.15, 0.2) is 53.3 Å². The molecule has 0 aliphatic rings. The minimum atomic E-state index is -0.363. The molecule has 4 aromatic rings. The molecule has 0 fully saturated rings. The zero-order valence-corrected chi connectivity index (χ0v) is 14.9. The molecular formula is C20H17FN4O2. The van der Waals surface area contributed by atoms with E-state index in [-0.39, 0.29) is 18.3 Å². The summed E-state index contributed by atoms with van der Waals surface area (Å²) in [6, 6.07) is 10.1. The summed E-state index contributed by atoms with van der Waals surface area (Å²) in [4.78, 5) is 16.8. The highest BCUT2D eigenvalue weighted by Crippen LogP contribution is 2.30. The summed E-state index contributed by atoms with van der Waals surface area (Å²) in [5.41, 5.74) is 3.14.